The van der Waals surface area contributed by atoms with Gasteiger partial charge >= 0.3 is 0 Å². The summed E-state index contributed by atoms with van der Waals surface area (Å²) in [5, 5.41) is 9.88. The quantitative estimate of drug-likeness (QED) is 0.630. The topological polar surface area (TPSA) is 79.8 Å². The molecule has 7 heteroatoms. The summed E-state index contributed by atoms with van der Waals surface area (Å²) < 4.78 is 2.36. The van der Waals surface area contributed by atoms with Crippen LogP contribution in [0.1, 0.15) is 47.1 Å². The molecule has 0 saturated heterocycles. The third-order valence-electron chi connectivity index (χ3n) is 4.25. The number of rotatable bonds is 6. The molecule has 3 aromatic rings. The van der Waals surface area contributed by atoms with Crippen LogP contribution in [0.3, 0.4) is 0 Å². The van der Waals surface area contributed by atoms with Crippen LogP contribution in [0.4, 0.5) is 0 Å². The van der Waals surface area contributed by atoms with Gasteiger partial charge in [0.2, 0.25) is 0 Å². The van der Waals surface area contributed by atoms with Crippen molar-refractivity contribution in [2.24, 2.45) is 0 Å². The summed E-state index contributed by atoms with van der Waals surface area (Å²) in [7, 11) is 0. The number of nitrogens with zero attached hydrogens (tertiary/aromatic N) is 2. The maximum atomic E-state index is 12.4. The van der Waals surface area contributed by atoms with Crippen LogP contribution in [0.5, 0.6) is 0 Å². The number of amides is 1. The molecule has 27 heavy (non-hydrogen) atoms. The fourth-order valence-corrected chi connectivity index (χ4v) is 3.51. The zero-order valence-corrected chi connectivity index (χ0v) is 16.8. The van der Waals surface area contributed by atoms with Gasteiger partial charge in [0.1, 0.15) is 0 Å². The zero-order valence-electron chi connectivity index (χ0n) is 15.2. The van der Waals surface area contributed by atoms with Crippen LogP contribution in [0.25, 0.3) is 0 Å². The average molecular weight is 429 g/mol. The fourth-order valence-electron chi connectivity index (χ4n) is 2.69. The SMILES string of the molecule is CC(C)c1[nH]nc(C(=O)NCc2ccc(Cn3ccccc3=O)cc2)c1Br. The normalized spacial score (nSPS) is 11.0. The Labute approximate surface area is 165 Å². The first-order chi connectivity index (χ1) is 13.0. The van der Waals surface area contributed by atoms with Gasteiger partial charge in [0.05, 0.1) is 16.7 Å². The van der Waals surface area contributed by atoms with Gasteiger partial charge in [-0.2, -0.15) is 5.10 Å². The molecule has 2 aromatic heterocycles. The molecule has 3 rings (SSSR count). The number of nitrogens with one attached hydrogen (secondary N) is 2. The van der Waals surface area contributed by atoms with Crippen molar-refractivity contribution in [3.63, 3.8) is 0 Å². The molecule has 0 aliphatic heterocycles. The van der Waals surface area contributed by atoms with Gasteiger partial charge in [-0.1, -0.05) is 44.2 Å². The van der Waals surface area contributed by atoms with E-state index in [0.717, 1.165) is 16.8 Å². The summed E-state index contributed by atoms with van der Waals surface area (Å²) in [5.74, 6) is 0.0167. The summed E-state index contributed by atoms with van der Waals surface area (Å²) >= 11 is 3.44. The van der Waals surface area contributed by atoms with Gasteiger partial charge in [0.15, 0.2) is 5.69 Å². The molecule has 140 valence electrons. The van der Waals surface area contributed by atoms with Crippen molar-refractivity contribution in [2.45, 2.75) is 32.9 Å². The lowest BCUT2D eigenvalue weighted by atomic mass is 10.1. The highest BCUT2D eigenvalue weighted by atomic mass is 79.9. The van der Waals surface area contributed by atoms with E-state index in [1.165, 1.54) is 0 Å². The lowest BCUT2D eigenvalue weighted by Gasteiger charge is -2.08. The minimum atomic E-state index is -0.232. The Hall–Kier alpha value is -2.67. The van der Waals surface area contributed by atoms with Crippen molar-refractivity contribution in [3.05, 3.63) is 86.0 Å². The predicted molar refractivity (Wildman–Crippen MR) is 108 cm³/mol. The molecule has 0 aliphatic carbocycles. The monoisotopic (exact) mass is 428 g/mol. The van der Waals surface area contributed by atoms with Gasteiger partial charge in [0, 0.05) is 18.8 Å². The molecular formula is C20H21BrN4O2. The highest BCUT2D eigenvalue weighted by Gasteiger charge is 2.18. The van der Waals surface area contributed by atoms with E-state index in [4.69, 9.17) is 0 Å². The summed E-state index contributed by atoms with van der Waals surface area (Å²) in [4.78, 5) is 24.1. The number of carbonyl (C=O) groups excluding carboxylic acids is 1. The first-order valence-corrected chi connectivity index (χ1v) is 9.50. The molecule has 0 aliphatic rings. The molecule has 0 spiro atoms. The molecule has 6 nitrogen and oxygen atoms in total. The van der Waals surface area contributed by atoms with Crippen LogP contribution in [-0.2, 0) is 13.1 Å². The number of hydrogen-bond donors (Lipinski definition) is 2. The Morgan fingerprint density at radius 1 is 1.19 bits per heavy atom. The third kappa shape index (κ3) is 4.54. The van der Waals surface area contributed by atoms with Crippen LogP contribution in [0, 0.1) is 0 Å². The highest BCUT2D eigenvalue weighted by molar-refractivity contribution is 9.10. The van der Waals surface area contributed by atoms with Crippen molar-refractivity contribution in [1.82, 2.24) is 20.1 Å². The average Bonchev–Trinajstić information content (AvgIpc) is 3.04. The lowest BCUT2D eigenvalue weighted by Crippen LogP contribution is -2.23. The molecule has 0 fully saturated rings. The van der Waals surface area contributed by atoms with Crippen LogP contribution < -0.4 is 10.9 Å². The third-order valence-corrected chi connectivity index (χ3v) is 5.06. The molecular weight excluding hydrogens is 408 g/mol. The number of benzene rings is 1. The number of halogens is 1. The first-order valence-electron chi connectivity index (χ1n) is 8.71. The molecule has 2 N–H and O–H groups in total. The summed E-state index contributed by atoms with van der Waals surface area (Å²) in [6.07, 6.45) is 1.77. The Balaban J connectivity index is 1.61. The molecule has 1 amide bonds. The summed E-state index contributed by atoms with van der Waals surface area (Å²) in [5.41, 5.74) is 3.23. The van der Waals surface area contributed by atoms with E-state index in [2.05, 4.69) is 31.4 Å². The van der Waals surface area contributed by atoms with E-state index < -0.39 is 0 Å². The molecule has 0 radical (unpaired) electrons. The van der Waals surface area contributed by atoms with E-state index in [-0.39, 0.29) is 17.4 Å². The van der Waals surface area contributed by atoms with E-state index in [0.29, 0.717) is 23.3 Å². The smallest absolute Gasteiger partial charge is 0.273 e. The number of pyridine rings is 1. The maximum absolute atomic E-state index is 12.4. The van der Waals surface area contributed by atoms with Crippen molar-refractivity contribution in [1.29, 1.82) is 0 Å². The van der Waals surface area contributed by atoms with Crippen LogP contribution in [0.15, 0.2) is 57.9 Å². The van der Waals surface area contributed by atoms with Gasteiger partial charge in [-0.3, -0.25) is 14.7 Å². The number of carbonyl (C=O) groups is 1. The van der Waals surface area contributed by atoms with Gasteiger partial charge in [0.25, 0.3) is 11.5 Å². The minimum Gasteiger partial charge on any atom is -0.347 e. The van der Waals surface area contributed by atoms with Gasteiger partial charge in [-0.15, -0.1) is 0 Å². The first kappa shape index (κ1) is 19.1. The fraction of sp³-hybridized carbons (Fsp3) is 0.250. The predicted octanol–water partition coefficient (Wildman–Crippen LogP) is 3.44. The van der Waals surface area contributed by atoms with Crippen molar-refractivity contribution in [2.75, 3.05) is 0 Å². The second-order valence-corrected chi connectivity index (χ2v) is 7.41. The number of hydrogen-bond acceptors (Lipinski definition) is 3. The highest BCUT2D eigenvalue weighted by Crippen LogP contribution is 2.25. The summed E-state index contributed by atoms with van der Waals surface area (Å²) in [6, 6.07) is 12.9. The second kappa shape index (κ2) is 8.35. The number of aromatic nitrogens is 3. The van der Waals surface area contributed by atoms with Crippen LogP contribution in [-0.4, -0.2) is 20.7 Å². The Kier molecular flexibility index (Phi) is 5.91. The lowest BCUT2D eigenvalue weighted by molar-refractivity contribution is 0.0945. The number of aromatic amines is 1. The molecule has 2 heterocycles. The van der Waals surface area contributed by atoms with E-state index >= 15 is 0 Å². The van der Waals surface area contributed by atoms with E-state index in [9.17, 15) is 9.59 Å². The number of H-pyrrole nitrogens is 1. The van der Waals surface area contributed by atoms with Crippen LogP contribution in [0.2, 0.25) is 0 Å². The minimum absolute atomic E-state index is 0.0285. The molecule has 0 atom stereocenters. The Morgan fingerprint density at radius 3 is 2.52 bits per heavy atom. The van der Waals surface area contributed by atoms with Crippen molar-refractivity contribution in [3.8, 4) is 0 Å². The molecule has 0 bridgehead atoms. The summed E-state index contributed by atoms with van der Waals surface area (Å²) in [6.45, 7) is 4.99. The Morgan fingerprint density at radius 2 is 1.89 bits per heavy atom. The second-order valence-electron chi connectivity index (χ2n) is 6.62. The molecule has 0 saturated carbocycles. The largest absolute Gasteiger partial charge is 0.347 e. The van der Waals surface area contributed by atoms with Crippen molar-refractivity contribution >= 4 is 21.8 Å². The van der Waals surface area contributed by atoms with E-state index in [1.54, 1.807) is 22.9 Å². The Bertz CT molecular complexity index is 990. The zero-order chi connectivity index (χ0) is 19.4. The van der Waals surface area contributed by atoms with Gasteiger partial charge < -0.3 is 9.88 Å². The molecule has 0 unspecified atom stereocenters. The maximum Gasteiger partial charge on any atom is 0.273 e. The van der Waals surface area contributed by atoms with Crippen molar-refractivity contribution < 1.29 is 4.79 Å². The molecule has 1 aromatic carbocycles. The van der Waals surface area contributed by atoms with Crippen LogP contribution >= 0.6 is 15.9 Å². The van der Waals surface area contributed by atoms with Gasteiger partial charge in [-0.05, 0) is 39.0 Å². The van der Waals surface area contributed by atoms with Gasteiger partial charge in [-0.25, -0.2) is 0 Å². The standard InChI is InChI=1S/C20H21BrN4O2/c1-13(2)18-17(21)19(24-23-18)20(27)22-11-14-6-8-15(9-7-14)12-25-10-4-3-5-16(25)26/h3-10,13H,11-12H2,1-2H3,(H,22,27)(H,23,24). The van der Waals surface area contributed by atoms with E-state index in [1.807, 2.05) is 44.2 Å².